The number of aryl methyl sites for hydroxylation is 1. The molecule has 0 saturated carbocycles. The summed E-state index contributed by atoms with van der Waals surface area (Å²) in [6.45, 7) is 3.94. The number of pyridine rings is 1. The predicted octanol–water partition coefficient (Wildman–Crippen LogP) is 3.69. The number of nitrogens with two attached hydrogens (primary N) is 1. The molecule has 4 heterocycles. The minimum atomic E-state index is 0.364. The number of tetrazole rings is 1. The molecule has 0 radical (unpaired) electrons. The fourth-order valence-electron chi connectivity index (χ4n) is 3.99. The molecule has 0 bridgehead atoms. The van der Waals surface area contributed by atoms with Gasteiger partial charge in [0.15, 0.2) is 5.82 Å². The summed E-state index contributed by atoms with van der Waals surface area (Å²) in [4.78, 5) is 7.05. The Hall–Kier alpha value is -3.01. The van der Waals surface area contributed by atoms with Crippen molar-refractivity contribution < 1.29 is 4.74 Å². The number of nitrogens with one attached hydrogen (secondary N) is 1. The molecule has 8 nitrogen and oxygen atoms in total. The Balaban J connectivity index is 1.57. The van der Waals surface area contributed by atoms with Gasteiger partial charge in [-0.2, -0.15) is 4.68 Å². The van der Waals surface area contributed by atoms with Crippen LogP contribution in [0.25, 0.3) is 27.5 Å². The lowest BCUT2D eigenvalue weighted by Gasteiger charge is -2.12. The van der Waals surface area contributed by atoms with E-state index >= 15 is 0 Å². The molecule has 10 heteroatoms. The summed E-state index contributed by atoms with van der Waals surface area (Å²) in [6, 6.07) is 7.96. The topological polar surface area (TPSA) is 104 Å². The Morgan fingerprint density at radius 2 is 2.03 bits per heavy atom. The summed E-state index contributed by atoms with van der Waals surface area (Å²) >= 11 is 8.21. The SMILES string of the molecule is COc1c(C)cc(-n2nnnc2-c2cc(-c3cc4c(s3)CCNCC4)cnc2N)cc1Cl. The summed E-state index contributed by atoms with van der Waals surface area (Å²) in [5.74, 6) is 1.49. The molecule has 3 aromatic heterocycles. The number of fused-ring (bicyclic) bond motifs is 1. The lowest BCUT2D eigenvalue weighted by molar-refractivity contribution is 0.412. The van der Waals surface area contributed by atoms with Crippen LogP contribution in [0.3, 0.4) is 0 Å². The van der Waals surface area contributed by atoms with E-state index in [-0.39, 0.29) is 0 Å². The van der Waals surface area contributed by atoms with Crippen molar-refractivity contribution >= 4 is 28.8 Å². The number of benzene rings is 1. The van der Waals surface area contributed by atoms with E-state index < -0.39 is 0 Å². The molecule has 0 amide bonds. The van der Waals surface area contributed by atoms with Gasteiger partial charge in [0.1, 0.15) is 11.6 Å². The first-order chi connectivity index (χ1) is 15.5. The maximum atomic E-state index is 6.40. The molecule has 0 saturated heterocycles. The van der Waals surface area contributed by atoms with Crippen molar-refractivity contribution in [2.75, 3.05) is 25.9 Å². The molecule has 0 fully saturated rings. The third-order valence-corrected chi connectivity index (χ3v) is 7.14. The van der Waals surface area contributed by atoms with E-state index in [2.05, 4.69) is 31.9 Å². The van der Waals surface area contributed by atoms with E-state index in [1.165, 1.54) is 15.3 Å². The first-order valence-corrected chi connectivity index (χ1v) is 11.5. The average molecular weight is 468 g/mol. The summed E-state index contributed by atoms with van der Waals surface area (Å²) in [7, 11) is 1.59. The fraction of sp³-hybridized carbons (Fsp3) is 0.273. The van der Waals surface area contributed by atoms with E-state index in [9.17, 15) is 0 Å². The van der Waals surface area contributed by atoms with E-state index in [1.807, 2.05) is 36.6 Å². The highest BCUT2D eigenvalue weighted by Gasteiger charge is 2.19. The second-order valence-electron chi connectivity index (χ2n) is 7.66. The molecule has 1 aliphatic rings. The molecule has 0 aliphatic carbocycles. The summed E-state index contributed by atoms with van der Waals surface area (Å²) in [5.41, 5.74) is 10.9. The maximum Gasteiger partial charge on any atom is 0.190 e. The summed E-state index contributed by atoms with van der Waals surface area (Å²) in [6.07, 6.45) is 3.90. The Bertz CT molecular complexity index is 1250. The van der Waals surface area contributed by atoms with E-state index in [0.29, 0.717) is 33.7 Å². The zero-order valence-corrected chi connectivity index (χ0v) is 19.3. The quantitative estimate of drug-likeness (QED) is 0.471. The zero-order chi connectivity index (χ0) is 22.2. The smallest absolute Gasteiger partial charge is 0.190 e. The summed E-state index contributed by atoms with van der Waals surface area (Å²) < 4.78 is 6.98. The number of methoxy groups -OCH3 is 1. The predicted molar refractivity (Wildman–Crippen MR) is 127 cm³/mol. The van der Waals surface area contributed by atoms with Gasteiger partial charge in [-0.25, -0.2) is 4.98 Å². The Kier molecular flexibility index (Phi) is 5.54. The van der Waals surface area contributed by atoms with Crippen molar-refractivity contribution in [2.45, 2.75) is 19.8 Å². The van der Waals surface area contributed by atoms with Crippen molar-refractivity contribution in [3.8, 4) is 33.3 Å². The van der Waals surface area contributed by atoms with Gasteiger partial charge in [-0.15, -0.1) is 16.4 Å². The first kappa shape index (κ1) is 20.9. The van der Waals surface area contributed by atoms with Crippen molar-refractivity contribution in [3.05, 3.63) is 51.5 Å². The number of anilines is 1. The standard InChI is InChI=1S/C22H22ClN7OS/c1-12-7-15(10-17(23)20(12)31-2)30-22(27-28-29-30)16-8-14(11-26-21(16)24)19-9-13-3-5-25-6-4-18(13)32-19/h7-11,25H,3-6H2,1-2H3,(H2,24,26). The average Bonchev–Trinajstić information content (AvgIpc) is 3.36. The molecule has 0 spiro atoms. The lowest BCUT2D eigenvalue weighted by atomic mass is 10.1. The van der Waals surface area contributed by atoms with Gasteiger partial charge in [-0.1, -0.05) is 11.6 Å². The highest BCUT2D eigenvalue weighted by atomic mass is 35.5. The van der Waals surface area contributed by atoms with Crippen molar-refractivity contribution in [1.29, 1.82) is 0 Å². The molecular weight excluding hydrogens is 446 g/mol. The fourth-order valence-corrected chi connectivity index (χ4v) is 5.52. The molecule has 0 atom stereocenters. The number of aromatic nitrogens is 5. The van der Waals surface area contributed by atoms with Crippen LogP contribution in [0.2, 0.25) is 5.02 Å². The Labute approximate surface area is 194 Å². The van der Waals surface area contributed by atoms with Crippen LogP contribution in [-0.2, 0) is 12.8 Å². The Morgan fingerprint density at radius 1 is 1.19 bits per heavy atom. The number of hydrogen-bond acceptors (Lipinski definition) is 8. The van der Waals surface area contributed by atoms with Crippen LogP contribution in [0.4, 0.5) is 5.82 Å². The van der Waals surface area contributed by atoms with Gasteiger partial charge in [-0.3, -0.25) is 0 Å². The minimum Gasteiger partial charge on any atom is -0.495 e. The van der Waals surface area contributed by atoms with Crippen LogP contribution in [0, 0.1) is 6.92 Å². The number of nitrogen functional groups attached to an aromatic ring is 1. The van der Waals surface area contributed by atoms with Gasteiger partial charge in [0.05, 0.1) is 23.4 Å². The van der Waals surface area contributed by atoms with E-state index in [0.717, 1.165) is 37.1 Å². The number of nitrogens with zero attached hydrogens (tertiary/aromatic N) is 5. The zero-order valence-electron chi connectivity index (χ0n) is 17.7. The van der Waals surface area contributed by atoms with Gasteiger partial charge in [0.2, 0.25) is 0 Å². The highest BCUT2D eigenvalue weighted by Crippen LogP contribution is 2.36. The number of halogens is 1. The van der Waals surface area contributed by atoms with E-state index in [4.69, 9.17) is 22.1 Å². The molecule has 1 aromatic carbocycles. The van der Waals surface area contributed by atoms with Crippen LogP contribution < -0.4 is 15.8 Å². The van der Waals surface area contributed by atoms with Crippen LogP contribution in [-0.4, -0.2) is 45.4 Å². The molecule has 5 rings (SSSR count). The second-order valence-corrected chi connectivity index (χ2v) is 9.20. The van der Waals surface area contributed by atoms with Crippen molar-refractivity contribution in [2.24, 2.45) is 0 Å². The van der Waals surface area contributed by atoms with Gasteiger partial charge < -0.3 is 15.8 Å². The van der Waals surface area contributed by atoms with Gasteiger partial charge in [-0.05, 0) is 78.7 Å². The van der Waals surface area contributed by atoms with Crippen LogP contribution in [0.5, 0.6) is 5.75 Å². The number of ether oxygens (including phenoxy) is 1. The molecule has 1 aliphatic heterocycles. The molecular formula is C22H22ClN7OS. The highest BCUT2D eigenvalue weighted by molar-refractivity contribution is 7.15. The van der Waals surface area contributed by atoms with Crippen LogP contribution in [0.15, 0.2) is 30.5 Å². The minimum absolute atomic E-state index is 0.364. The third kappa shape index (κ3) is 3.72. The first-order valence-electron chi connectivity index (χ1n) is 10.3. The summed E-state index contributed by atoms with van der Waals surface area (Å²) in [5, 5.41) is 16.2. The number of hydrogen-bond donors (Lipinski definition) is 2. The molecule has 32 heavy (non-hydrogen) atoms. The molecule has 0 unspecified atom stereocenters. The van der Waals surface area contributed by atoms with Crippen molar-refractivity contribution in [3.63, 3.8) is 0 Å². The maximum absolute atomic E-state index is 6.40. The van der Waals surface area contributed by atoms with Gasteiger partial charge >= 0.3 is 0 Å². The van der Waals surface area contributed by atoms with Crippen LogP contribution in [0.1, 0.15) is 16.0 Å². The van der Waals surface area contributed by atoms with Gasteiger partial charge in [0.25, 0.3) is 0 Å². The third-order valence-electron chi connectivity index (χ3n) is 5.57. The van der Waals surface area contributed by atoms with E-state index in [1.54, 1.807) is 17.9 Å². The second kappa shape index (κ2) is 8.50. The normalized spacial score (nSPS) is 13.6. The monoisotopic (exact) mass is 467 g/mol. The molecule has 4 aromatic rings. The molecule has 3 N–H and O–H groups in total. The van der Waals surface area contributed by atoms with Crippen molar-refractivity contribution in [1.82, 2.24) is 30.5 Å². The number of rotatable bonds is 4. The lowest BCUT2D eigenvalue weighted by Crippen LogP contribution is -2.16. The largest absolute Gasteiger partial charge is 0.495 e. The number of thiophene rings is 1. The molecule has 164 valence electrons. The van der Waals surface area contributed by atoms with Crippen LogP contribution >= 0.6 is 22.9 Å². The Morgan fingerprint density at radius 3 is 2.84 bits per heavy atom. The van der Waals surface area contributed by atoms with Gasteiger partial charge in [0, 0.05) is 21.5 Å².